The first-order valence-corrected chi connectivity index (χ1v) is 19.3. The zero-order chi connectivity index (χ0) is 36.1. The monoisotopic (exact) mass is 694 g/mol. The van der Waals surface area contributed by atoms with Crippen LogP contribution < -0.4 is 0 Å². The minimum Gasteiger partial charge on any atom is -0.0622 e. The van der Waals surface area contributed by atoms with E-state index in [1.165, 1.54) is 109 Å². The van der Waals surface area contributed by atoms with Gasteiger partial charge in [-0.25, -0.2) is 0 Å². The van der Waals surface area contributed by atoms with Gasteiger partial charge in [0.15, 0.2) is 0 Å². The molecule has 11 aromatic carbocycles. The third-order valence-corrected chi connectivity index (χ3v) is 12.4. The summed E-state index contributed by atoms with van der Waals surface area (Å²) in [7, 11) is 0. The largest absolute Gasteiger partial charge is 0.0719 e. The van der Waals surface area contributed by atoms with Crippen molar-refractivity contribution in [2.24, 2.45) is 0 Å². The Hall–Kier alpha value is -7.02. The van der Waals surface area contributed by atoms with Crippen molar-refractivity contribution in [3.8, 4) is 33.4 Å². The fourth-order valence-corrected chi connectivity index (χ4v) is 10.1. The number of fused-ring (bicyclic) bond motifs is 6. The summed E-state index contributed by atoms with van der Waals surface area (Å²) in [5.41, 5.74) is 12.3. The second-order valence-electron chi connectivity index (χ2n) is 15.2. The van der Waals surface area contributed by atoms with Crippen LogP contribution in [0, 0.1) is 0 Å². The lowest BCUT2D eigenvalue weighted by molar-refractivity contribution is 0.775. The molecule has 254 valence electrons. The second-order valence-corrected chi connectivity index (χ2v) is 15.2. The molecule has 0 unspecified atom stereocenters. The number of hydrogen-bond donors (Lipinski definition) is 0. The Bertz CT molecular complexity index is 3190. The lowest BCUT2D eigenvalue weighted by Gasteiger charge is -2.35. The molecule has 0 aromatic heterocycles. The molecular formula is C55H34. The first kappa shape index (κ1) is 30.4. The van der Waals surface area contributed by atoms with Crippen LogP contribution in [0.15, 0.2) is 206 Å². The average Bonchev–Trinajstić information content (AvgIpc) is 3.58. The molecule has 11 aromatic rings. The third-order valence-electron chi connectivity index (χ3n) is 12.4. The number of rotatable bonds is 4. The van der Waals surface area contributed by atoms with Gasteiger partial charge in [-0.05, 0) is 134 Å². The molecule has 0 heteroatoms. The summed E-state index contributed by atoms with van der Waals surface area (Å²) in [5.74, 6) is 0. The Balaban J connectivity index is 1.23. The maximum absolute atomic E-state index is 2.49. The lowest BCUT2D eigenvalue weighted by atomic mass is 9.66. The molecule has 0 saturated carbocycles. The van der Waals surface area contributed by atoms with Crippen LogP contribution in [0.2, 0.25) is 0 Å². The number of hydrogen-bond acceptors (Lipinski definition) is 0. The predicted molar refractivity (Wildman–Crippen MR) is 233 cm³/mol. The molecule has 0 bridgehead atoms. The van der Waals surface area contributed by atoms with E-state index in [0.717, 1.165) is 0 Å². The molecule has 1 aliphatic carbocycles. The molecule has 0 atom stereocenters. The molecule has 12 rings (SSSR count). The van der Waals surface area contributed by atoms with E-state index in [1.54, 1.807) is 0 Å². The SMILES string of the molecule is c1ccc(C2(c3ccccc3)c3ccccc3-c3c(-c4cccc5ccccc45)cc4ccc(-c5cc6ccc7cccc8ccc(c5)c6c78)cc4c32)cc1. The van der Waals surface area contributed by atoms with Crippen molar-refractivity contribution in [1.82, 2.24) is 0 Å². The summed E-state index contributed by atoms with van der Waals surface area (Å²) in [4.78, 5) is 0. The number of benzene rings is 11. The zero-order valence-corrected chi connectivity index (χ0v) is 30.1. The van der Waals surface area contributed by atoms with Crippen LogP contribution in [-0.4, -0.2) is 0 Å². The Morgan fingerprint density at radius 1 is 0.291 bits per heavy atom. The molecule has 0 fully saturated rings. The second kappa shape index (κ2) is 11.5. The highest BCUT2D eigenvalue weighted by atomic mass is 14.5. The fraction of sp³-hybridized carbons (Fsp3) is 0.0182. The van der Waals surface area contributed by atoms with Gasteiger partial charge in [-0.15, -0.1) is 0 Å². The molecule has 0 saturated heterocycles. The zero-order valence-electron chi connectivity index (χ0n) is 30.1. The fourth-order valence-electron chi connectivity index (χ4n) is 10.1. The Morgan fingerprint density at radius 2 is 0.836 bits per heavy atom. The van der Waals surface area contributed by atoms with Crippen molar-refractivity contribution in [2.45, 2.75) is 5.41 Å². The van der Waals surface area contributed by atoms with Crippen LogP contribution in [0.4, 0.5) is 0 Å². The van der Waals surface area contributed by atoms with E-state index >= 15 is 0 Å². The molecule has 0 amide bonds. The van der Waals surface area contributed by atoms with E-state index in [9.17, 15) is 0 Å². The van der Waals surface area contributed by atoms with E-state index in [-0.39, 0.29) is 0 Å². The standard InChI is InChI=1S/C55H34/c1-3-17-43(18-4-1)55(44-19-5-2-6-20-44)50-24-10-9-22-47(50)53-49(46-23-12-14-35-13-7-8-21-45(35)46)34-39-28-27-38(33-48(39)54(53)55)42-31-40-29-25-36-15-11-16-37-26-30-41(32-42)52(40)51(36)37/h1-34H. The molecule has 1 aliphatic rings. The van der Waals surface area contributed by atoms with Crippen molar-refractivity contribution in [1.29, 1.82) is 0 Å². The van der Waals surface area contributed by atoms with E-state index in [1.807, 2.05) is 0 Å². The molecule has 0 aliphatic heterocycles. The van der Waals surface area contributed by atoms with Gasteiger partial charge in [0.1, 0.15) is 0 Å². The van der Waals surface area contributed by atoms with Crippen LogP contribution in [0.5, 0.6) is 0 Å². The van der Waals surface area contributed by atoms with E-state index in [0.29, 0.717) is 0 Å². The Morgan fingerprint density at radius 3 is 1.58 bits per heavy atom. The van der Waals surface area contributed by atoms with Gasteiger partial charge in [-0.2, -0.15) is 0 Å². The molecule has 0 spiro atoms. The topological polar surface area (TPSA) is 0 Å². The average molecular weight is 695 g/mol. The summed E-state index contributed by atoms with van der Waals surface area (Å²) >= 11 is 0. The van der Waals surface area contributed by atoms with Gasteiger partial charge in [0, 0.05) is 0 Å². The summed E-state index contributed by atoms with van der Waals surface area (Å²) in [6.07, 6.45) is 0. The van der Waals surface area contributed by atoms with Crippen LogP contribution in [0.25, 0.3) is 87.2 Å². The lowest BCUT2D eigenvalue weighted by Crippen LogP contribution is -2.28. The summed E-state index contributed by atoms with van der Waals surface area (Å²) in [6, 6.07) is 77.4. The smallest absolute Gasteiger partial charge is 0.0622 e. The summed E-state index contributed by atoms with van der Waals surface area (Å²) < 4.78 is 0. The molecule has 0 radical (unpaired) electrons. The molecule has 0 nitrogen and oxygen atoms in total. The van der Waals surface area contributed by atoms with Gasteiger partial charge in [0.25, 0.3) is 0 Å². The van der Waals surface area contributed by atoms with Gasteiger partial charge in [-0.3, -0.25) is 0 Å². The van der Waals surface area contributed by atoms with E-state index < -0.39 is 5.41 Å². The first-order valence-electron chi connectivity index (χ1n) is 19.3. The van der Waals surface area contributed by atoms with Crippen molar-refractivity contribution >= 4 is 53.9 Å². The molecular weight excluding hydrogens is 661 g/mol. The van der Waals surface area contributed by atoms with Crippen LogP contribution in [0.3, 0.4) is 0 Å². The predicted octanol–water partition coefficient (Wildman–Crippen LogP) is 14.6. The van der Waals surface area contributed by atoms with Gasteiger partial charge in [0.2, 0.25) is 0 Å². The molecule has 55 heavy (non-hydrogen) atoms. The highest BCUT2D eigenvalue weighted by molar-refractivity contribution is 6.24. The van der Waals surface area contributed by atoms with Crippen molar-refractivity contribution in [3.05, 3.63) is 229 Å². The minimum atomic E-state index is -0.542. The maximum atomic E-state index is 2.49. The summed E-state index contributed by atoms with van der Waals surface area (Å²) in [6.45, 7) is 0. The van der Waals surface area contributed by atoms with Gasteiger partial charge >= 0.3 is 0 Å². The minimum absolute atomic E-state index is 0.542. The normalized spacial score (nSPS) is 13.2. The molecule has 0 N–H and O–H groups in total. The Kier molecular flexibility index (Phi) is 6.36. The maximum Gasteiger partial charge on any atom is 0.0719 e. The van der Waals surface area contributed by atoms with Crippen molar-refractivity contribution < 1.29 is 0 Å². The quantitative estimate of drug-likeness (QED) is 0.161. The van der Waals surface area contributed by atoms with E-state index in [4.69, 9.17) is 0 Å². The van der Waals surface area contributed by atoms with Crippen LogP contribution >= 0.6 is 0 Å². The van der Waals surface area contributed by atoms with Gasteiger partial charge < -0.3 is 0 Å². The molecule has 0 heterocycles. The van der Waals surface area contributed by atoms with Crippen LogP contribution in [0.1, 0.15) is 22.3 Å². The van der Waals surface area contributed by atoms with Crippen LogP contribution in [-0.2, 0) is 5.41 Å². The third kappa shape index (κ3) is 4.23. The first-order chi connectivity index (χ1) is 27.3. The van der Waals surface area contributed by atoms with E-state index in [2.05, 4.69) is 206 Å². The summed E-state index contributed by atoms with van der Waals surface area (Å²) in [5, 5.41) is 12.9. The highest BCUT2D eigenvalue weighted by Gasteiger charge is 2.48. The van der Waals surface area contributed by atoms with Gasteiger partial charge in [0.05, 0.1) is 5.41 Å². The highest BCUT2D eigenvalue weighted by Crippen LogP contribution is 2.61. The Labute approximate surface area is 319 Å². The van der Waals surface area contributed by atoms with Crippen molar-refractivity contribution in [3.63, 3.8) is 0 Å². The van der Waals surface area contributed by atoms with Gasteiger partial charge in [-0.1, -0.05) is 182 Å². The van der Waals surface area contributed by atoms with Crippen molar-refractivity contribution in [2.75, 3.05) is 0 Å².